The fraction of sp³-hybridized carbons (Fsp3) is 0.386. The number of halogens is 1. The van der Waals surface area contributed by atoms with E-state index in [1.807, 2.05) is 12.1 Å². The summed E-state index contributed by atoms with van der Waals surface area (Å²) < 4.78 is 11.0. The van der Waals surface area contributed by atoms with Gasteiger partial charge < -0.3 is 24.2 Å². The molecule has 642 valence electrons. The van der Waals surface area contributed by atoms with E-state index in [9.17, 15) is 0 Å². The van der Waals surface area contributed by atoms with Crippen LogP contribution < -0.4 is 4.74 Å². The molecule has 5 aliphatic carbocycles. The molecule has 0 N–H and O–H groups in total. The van der Waals surface area contributed by atoms with Gasteiger partial charge in [0, 0.05) is 123 Å². The fourth-order valence-corrected chi connectivity index (χ4v) is 21.4. The maximum atomic E-state index is 6.09. The van der Waals surface area contributed by atoms with E-state index < -0.39 is 0 Å². The number of benzene rings is 10. The lowest BCUT2D eigenvalue weighted by Crippen LogP contribution is -2.44. The molecule has 8 nitrogen and oxygen atoms in total. The van der Waals surface area contributed by atoms with Crippen molar-refractivity contribution < 1.29 is 9.47 Å². The molecule has 10 aromatic carbocycles. The number of likely N-dealkylation sites (tertiary alicyclic amines) is 1. The Hall–Kier alpha value is -9.29. The molecule has 0 aromatic heterocycles. The van der Waals surface area contributed by atoms with Crippen LogP contribution in [-0.2, 0) is 63.9 Å². The molecular formula is C114H137ClN6O2. The SMILES string of the molecule is CC(C)N(CC/C=C1/c2ccccc2CC1(C)c1ccccc1)C(C)C.CC1(c2ccccc2)Cc2ccccc2/C1=C/CN1CCOCC1.CN(C)CC/C=C1\c2ccccc2CC1(C)c1ccc(Cl)cc1.CN1CCN(C/C=C2/c3ccccc3CC2(C)c2ccccc2)CC1.COc1ccc2c(c1)C(=C1CCN(C)CC1)C(C)(c1ccccc1)C2. The van der Waals surface area contributed by atoms with Crippen molar-refractivity contribution in [3.05, 3.63) is 379 Å². The van der Waals surface area contributed by atoms with Gasteiger partial charge in [-0.3, -0.25) is 14.7 Å². The van der Waals surface area contributed by atoms with Gasteiger partial charge in [-0.25, -0.2) is 0 Å². The number of rotatable bonds is 18. The molecule has 123 heavy (non-hydrogen) atoms. The third-order valence-corrected chi connectivity index (χ3v) is 28.6. The predicted molar refractivity (Wildman–Crippen MR) is 523 cm³/mol. The second-order valence-corrected chi connectivity index (χ2v) is 38.2. The molecule has 3 aliphatic heterocycles. The zero-order valence-corrected chi connectivity index (χ0v) is 77.2. The molecule has 0 bridgehead atoms. The normalized spacial score (nSPS) is 23.7. The summed E-state index contributed by atoms with van der Waals surface area (Å²) in [4.78, 5) is 14.7. The third kappa shape index (κ3) is 20.6. The number of hydrogen-bond donors (Lipinski definition) is 0. The molecule has 10 aromatic rings. The second-order valence-electron chi connectivity index (χ2n) is 37.7. The standard InChI is InChI=1S/C25H33N.C23H28N2.C23H27NO.C22H25NO.C21H24ClN/c1-19(2)26(20(3)4)17-11-16-24-23-15-10-9-12-21(23)18-25(24,5)22-13-7-6-8-14-22;1-23(20-9-4-3-5-10-20)18-19-8-6-7-11-21(19)22(23)12-13-25-16-14-24(2)15-17-25;1-23(19-7-5-4-6-8-19)16-18-9-10-20(25-3)15-21(18)22(23)17-11-13-24(2)14-12-17;1-22(19-8-3-2-4-9-19)17-18-7-5-6-10-20(18)21(22)11-12-23-13-15-24-16-14-23;1-21(17-10-12-18(22)13-11-17)15-16-7-4-5-8-19(16)20(21)9-6-14-23(2)3/h6-10,12-16,19-20H,11,17-18H2,1-5H3;3-12H,13-18H2,1-2H3;4-10,15H,11-14,16H2,1-3H3;2-11H,12-17H2,1H3;4-5,7-13H,6,14-15H2,1-3H3/b24-16-;22-12-;;21-11-;20-9+. The van der Waals surface area contributed by atoms with E-state index in [1.165, 1.54) is 145 Å². The number of methoxy groups -OCH3 is 1. The van der Waals surface area contributed by atoms with E-state index in [1.54, 1.807) is 18.3 Å². The summed E-state index contributed by atoms with van der Waals surface area (Å²) in [5, 5.41) is 0.797. The largest absolute Gasteiger partial charge is 0.497 e. The lowest BCUT2D eigenvalue weighted by molar-refractivity contribution is 0.0434. The topological polar surface area (TPSA) is 37.9 Å². The number of piperidine rings is 1. The highest BCUT2D eigenvalue weighted by Gasteiger charge is 2.45. The van der Waals surface area contributed by atoms with Crippen molar-refractivity contribution >= 4 is 39.5 Å². The molecule has 3 heterocycles. The van der Waals surface area contributed by atoms with Crippen molar-refractivity contribution in [2.45, 2.75) is 159 Å². The number of likely N-dealkylation sites (N-methyl/N-ethyl adjacent to an activating group) is 1. The second kappa shape index (κ2) is 40.8. The first-order chi connectivity index (χ1) is 59.5. The smallest absolute Gasteiger partial charge is 0.119 e. The molecule has 5 unspecified atom stereocenters. The Morgan fingerprint density at radius 1 is 0.374 bits per heavy atom. The fourth-order valence-electron chi connectivity index (χ4n) is 21.2. The first-order valence-corrected chi connectivity index (χ1v) is 46.2. The van der Waals surface area contributed by atoms with Crippen LogP contribution in [-0.4, -0.2) is 169 Å². The Bertz CT molecular complexity index is 5290. The summed E-state index contributed by atoms with van der Waals surface area (Å²) in [7, 11) is 10.5. The van der Waals surface area contributed by atoms with E-state index in [0.717, 1.165) is 121 Å². The molecule has 0 spiro atoms. The monoisotopic (exact) mass is 1660 g/mol. The Balaban J connectivity index is 0.000000125. The molecular weight excluding hydrogens is 1520 g/mol. The predicted octanol–water partition coefficient (Wildman–Crippen LogP) is 23.7. The molecule has 8 aliphatic rings. The minimum atomic E-state index is 0.0284. The Morgan fingerprint density at radius 2 is 0.707 bits per heavy atom. The number of hydrogen-bond acceptors (Lipinski definition) is 8. The first kappa shape index (κ1) is 90.0. The van der Waals surface area contributed by atoms with Crippen molar-refractivity contribution in [1.82, 2.24) is 29.4 Å². The summed E-state index contributed by atoms with van der Waals surface area (Å²) in [6, 6.07) is 95.8. The molecule has 3 saturated heterocycles. The van der Waals surface area contributed by atoms with Gasteiger partial charge in [0.15, 0.2) is 0 Å². The number of fused-ring (bicyclic) bond motifs is 5. The minimum absolute atomic E-state index is 0.0284. The number of ether oxygens (including phenoxy) is 2. The van der Waals surface area contributed by atoms with Gasteiger partial charge in [0.2, 0.25) is 0 Å². The Labute approximate surface area is 744 Å². The molecule has 0 amide bonds. The van der Waals surface area contributed by atoms with Gasteiger partial charge in [-0.1, -0.05) is 313 Å². The zero-order valence-electron chi connectivity index (χ0n) is 76.4. The van der Waals surface area contributed by atoms with Crippen molar-refractivity contribution in [3.8, 4) is 5.75 Å². The van der Waals surface area contributed by atoms with E-state index in [2.05, 4.69) is 393 Å². The highest BCUT2D eigenvalue weighted by Crippen LogP contribution is 2.55. The van der Waals surface area contributed by atoms with Crippen LogP contribution in [0.5, 0.6) is 5.75 Å². The van der Waals surface area contributed by atoms with Crippen LogP contribution in [0.2, 0.25) is 5.02 Å². The highest BCUT2D eigenvalue weighted by atomic mass is 35.5. The van der Waals surface area contributed by atoms with Gasteiger partial charge in [0.25, 0.3) is 0 Å². The van der Waals surface area contributed by atoms with E-state index in [-0.39, 0.29) is 27.1 Å². The van der Waals surface area contributed by atoms with Crippen molar-refractivity contribution in [3.63, 3.8) is 0 Å². The molecule has 0 radical (unpaired) electrons. The van der Waals surface area contributed by atoms with Crippen LogP contribution in [0.3, 0.4) is 0 Å². The van der Waals surface area contributed by atoms with Gasteiger partial charge in [0.1, 0.15) is 5.75 Å². The molecule has 9 heteroatoms. The maximum Gasteiger partial charge on any atom is 0.119 e. The summed E-state index contributed by atoms with van der Waals surface area (Å²) >= 11 is 6.09. The van der Waals surface area contributed by atoms with Crippen molar-refractivity contribution in [1.29, 1.82) is 0 Å². The van der Waals surface area contributed by atoms with Crippen LogP contribution >= 0.6 is 11.6 Å². The van der Waals surface area contributed by atoms with E-state index in [0.29, 0.717) is 12.1 Å². The van der Waals surface area contributed by atoms with Crippen LogP contribution in [0.25, 0.3) is 27.9 Å². The summed E-state index contributed by atoms with van der Waals surface area (Å²) in [5.41, 5.74) is 30.9. The van der Waals surface area contributed by atoms with Crippen LogP contribution in [0.15, 0.2) is 291 Å². The number of allylic oxidation sites excluding steroid dienone is 5. The average molecular weight is 1660 g/mol. The zero-order chi connectivity index (χ0) is 86.3. The van der Waals surface area contributed by atoms with Crippen LogP contribution in [0.4, 0.5) is 0 Å². The lowest BCUT2D eigenvalue weighted by Gasteiger charge is -2.33. The first-order valence-electron chi connectivity index (χ1n) is 45.8. The molecule has 5 atom stereocenters. The van der Waals surface area contributed by atoms with Gasteiger partial charge in [0.05, 0.1) is 20.3 Å². The van der Waals surface area contributed by atoms with Gasteiger partial charge >= 0.3 is 0 Å². The lowest BCUT2D eigenvalue weighted by atomic mass is 9.73. The minimum Gasteiger partial charge on any atom is -0.497 e. The highest BCUT2D eigenvalue weighted by molar-refractivity contribution is 6.30. The summed E-state index contributed by atoms with van der Waals surface area (Å²) in [5.74, 6) is 0.960. The number of morpholine rings is 1. The molecule has 0 saturated carbocycles. The molecule has 18 rings (SSSR count). The van der Waals surface area contributed by atoms with Gasteiger partial charge in [-0.2, -0.15) is 0 Å². The quantitative estimate of drug-likeness (QED) is 0.0841. The van der Waals surface area contributed by atoms with Gasteiger partial charge in [-0.05, 0) is 249 Å². The van der Waals surface area contributed by atoms with Crippen molar-refractivity contribution in [2.75, 3.05) is 127 Å². The van der Waals surface area contributed by atoms with Gasteiger partial charge in [-0.15, -0.1) is 0 Å². The summed E-state index contributed by atoms with van der Waals surface area (Å²) in [6.45, 7) is 36.2. The summed E-state index contributed by atoms with van der Waals surface area (Å²) in [6.07, 6.45) is 19.8. The molecule has 3 fully saturated rings. The third-order valence-electron chi connectivity index (χ3n) is 28.3. The van der Waals surface area contributed by atoms with E-state index >= 15 is 0 Å². The Morgan fingerprint density at radius 3 is 1.10 bits per heavy atom. The number of piperazine rings is 1. The van der Waals surface area contributed by atoms with Crippen LogP contribution in [0, 0.1) is 0 Å². The Kier molecular flexibility index (Phi) is 29.8. The maximum absolute atomic E-state index is 6.09. The number of nitrogens with zero attached hydrogens (tertiary/aromatic N) is 6. The van der Waals surface area contributed by atoms with E-state index in [4.69, 9.17) is 21.1 Å². The van der Waals surface area contributed by atoms with Crippen molar-refractivity contribution in [2.24, 2.45) is 0 Å². The average Bonchev–Trinajstić information content (AvgIpc) is 1.59. The van der Waals surface area contributed by atoms with Crippen LogP contribution in [0.1, 0.15) is 171 Å².